The van der Waals surface area contributed by atoms with Gasteiger partial charge < -0.3 is 14.0 Å². The molecule has 30 heavy (non-hydrogen) atoms. The van der Waals surface area contributed by atoms with Gasteiger partial charge in [-0.1, -0.05) is 0 Å². The summed E-state index contributed by atoms with van der Waals surface area (Å²) in [5.41, 5.74) is 0.206. The minimum Gasteiger partial charge on any atom is -0.489 e. The number of esters is 1. The van der Waals surface area contributed by atoms with Crippen molar-refractivity contribution in [2.24, 2.45) is 7.05 Å². The van der Waals surface area contributed by atoms with E-state index in [4.69, 9.17) is 9.47 Å². The molecular formula is C19H19N5O6. The Bertz CT molecular complexity index is 1240. The largest absolute Gasteiger partial charge is 0.489 e. The SMILES string of the molecule is COC(=O)c1nc(-c2nc3cc([N+](=O)[O-])ccc3n2C2CCC2)n(C)c(=O)c1OC. The molecule has 4 rings (SSSR count). The number of non-ortho nitro benzene ring substituents is 1. The first-order valence-electron chi connectivity index (χ1n) is 9.27. The van der Waals surface area contributed by atoms with Gasteiger partial charge in [0, 0.05) is 25.2 Å². The van der Waals surface area contributed by atoms with Gasteiger partial charge in [0.2, 0.25) is 5.75 Å². The molecule has 1 fully saturated rings. The van der Waals surface area contributed by atoms with Crippen LogP contribution in [0.15, 0.2) is 23.0 Å². The molecular weight excluding hydrogens is 394 g/mol. The molecule has 1 aliphatic rings. The third-order valence-electron chi connectivity index (χ3n) is 5.36. The number of carbonyl (C=O) groups is 1. The highest BCUT2D eigenvalue weighted by molar-refractivity contribution is 5.91. The number of methoxy groups -OCH3 is 2. The van der Waals surface area contributed by atoms with Crippen molar-refractivity contribution in [2.45, 2.75) is 25.3 Å². The van der Waals surface area contributed by atoms with Gasteiger partial charge in [-0.3, -0.25) is 19.5 Å². The first-order valence-corrected chi connectivity index (χ1v) is 9.27. The van der Waals surface area contributed by atoms with Gasteiger partial charge in [0.1, 0.15) is 0 Å². The number of nitro benzene ring substituents is 1. The van der Waals surface area contributed by atoms with Crippen LogP contribution in [0, 0.1) is 10.1 Å². The molecule has 11 heteroatoms. The monoisotopic (exact) mass is 413 g/mol. The number of carbonyl (C=O) groups excluding carboxylic acids is 1. The number of ether oxygens (including phenoxy) is 2. The van der Waals surface area contributed by atoms with E-state index < -0.39 is 16.5 Å². The first-order chi connectivity index (χ1) is 14.4. The molecule has 0 aliphatic heterocycles. The molecule has 0 spiro atoms. The number of hydrogen-bond donors (Lipinski definition) is 0. The molecule has 0 saturated heterocycles. The minimum atomic E-state index is -0.812. The van der Waals surface area contributed by atoms with Gasteiger partial charge in [-0.15, -0.1) is 0 Å². The van der Waals surface area contributed by atoms with Crippen molar-refractivity contribution in [2.75, 3.05) is 14.2 Å². The molecule has 1 aliphatic carbocycles. The Hall–Kier alpha value is -3.76. The number of hydrogen-bond acceptors (Lipinski definition) is 8. The van der Waals surface area contributed by atoms with Gasteiger partial charge in [-0.05, 0) is 25.3 Å². The van der Waals surface area contributed by atoms with Gasteiger partial charge in [0.05, 0.1) is 30.2 Å². The second-order valence-corrected chi connectivity index (χ2v) is 6.99. The average molecular weight is 413 g/mol. The van der Waals surface area contributed by atoms with Gasteiger partial charge in [-0.2, -0.15) is 0 Å². The van der Waals surface area contributed by atoms with Gasteiger partial charge in [-0.25, -0.2) is 14.8 Å². The van der Waals surface area contributed by atoms with E-state index in [9.17, 15) is 19.7 Å². The van der Waals surface area contributed by atoms with E-state index in [2.05, 4.69) is 9.97 Å². The number of benzene rings is 1. The molecule has 2 heterocycles. The third-order valence-corrected chi connectivity index (χ3v) is 5.36. The van der Waals surface area contributed by atoms with Crippen molar-refractivity contribution in [3.8, 4) is 17.4 Å². The smallest absolute Gasteiger partial charge is 0.360 e. The zero-order valence-corrected chi connectivity index (χ0v) is 16.6. The van der Waals surface area contributed by atoms with E-state index in [1.54, 1.807) is 6.07 Å². The molecule has 3 aromatic rings. The summed E-state index contributed by atoms with van der Waals surface area (Å²) in [7, 11) is 3.96. The van der Waals surface area contributed by atoms with Crippen LogP contribution < -0.4 is 10.3 Å². The Morgan fingerprint density at radius 2 is 1.97 bits per heavy atom. The lowest BCUT2D eigenvalue weighted by molar-refractivity contribution is -0.384. The highest BCUT2D eigenvalue weighted by Gasteiger charge is 2.30. The third kappa shape index (κ3) is 2.90. The Morgan fingerprint density at radius 1 is 1.23 bits per heavy atom. The normalized spacial score (nSPS) is 13.8. The summed E-state index contributed by atoms with van der Waals surface area (Å²) < 4.78 is 13.0. The summed E-state index contributed by atoms with van der Waals surface area (Å²) in [5, 5.41) is 11.2. The summed E-state index contributed by atoms with van der Waals surface area (Å²) in [6, 6.07) is 4.57. The second-order valence-electron chi connectivity index (χ2n) is 6.99. The summed E-state index contributed by atoms with van der Waals surface area (Å²) >= 11 is 0. The number of rotatable bonds is 5. The van der Waals surface area contributed by atoms with Crippen LogP contribution in [-0.4, -0.2) is 44.2 Å². The second kappa shape index (κ2) is 7.25. The molecule has 1 saturated carbocycles. The zero-order chi connectivity index (χ0) is 21.6. The number of fused-ring (bicyclic) bond motifs is 1. The van der Waals surface area contributed by atoms with E-state index in [-0.39, 0.29) is 29.0 Å². The van der Waals surface area contributed by atoms with Crippen molar-refractivity contribution >= 4 is 22.7 Å². The van der Waals surface area contributed by atoms with E-state index >= 15 is 0 Å². The van der Waals surface area contributed by atoms with Crippen LogP contribution in [0.3, 0.4) is 0 Å². The van der Waals surface area contributed by atoms with E-state index in [0.29, 0.717) is 16.9 Å². The highest BCUT2D eigenvalue weighted by Crippen LogP contribution is 2.38. The topological polar surface area (TPSA) is 131 Å². The fourth-order valence-corrected chi connectivity index (χ4v) is 3.57. The summed E-state index contributed by atoms with van der Waals surface area (Å²) in [5.74, 6) is -0.544. The summed E-state index contributed by atoms with van der Waals surface area (Å²) in [4.78, 5) is 44.6. The van der Waals surface area contributed by atoms with Gasteiger partial charge in [0.15, 0.2) is 17.3 Å². The van der Waals surface area contributed by atoms with Crippen molar-refractivity contribution in [1.29, 1.82) is 0 Å². The Morgan fingerprint density at radius 3 is 2.53 bits per heavy atom. The maximum atomic E-state index is 12.8. The number of imidazole rings is 1. The molecule has 0 atom stereocenters. The van der Waals surface area contributed by atoms with Crippen LogP contribution >= 0.6 is 0 Å². The molecule has 2 aromatic heterocycles. The Kier molecular flexibility index (Phi) is 4.72. The van der Waals surface area contributed by atoms with Crippen LogP contribution in [0.2, 0.25) is 0 Å². The Balaban J connectivity index is 2.03. The molecule has 0 unspecified atom stereocenters. The summed E-state index contributed by atoms with van der Waals surface area (Å²) in [6.07, 6.45) is 2.85. The molecule has 156 valence electrons. The van der Waals surface area contributed by atoms with Crippen molar-refractivity contribution < 1.29 is 19.2 Å². The van der Waals surface area contributed by atoms with Gasteiger partial charge >= 0.3 is 5.97 Å². The van der Waals surface area contributed by atoms with Crippen LogP contribution in [0.5, 0.6) is 5.75 Å². The number of nitro groups is 1. The van der Waals surface area contributed by atoms with E-state index in [0.717, 1.165) is 19.3 Å². The minimum absolute atomic E-state index is 0.0841. The van der Waals surface area contributed by atoms with Crippen molar-refractivity contribution in [3.63, 3.8) is 0 Å². The lowest BCUT2D eigenvalue weighted by Crippen LogP contribution is -2.27. The van der Waals surface area contributed by atoms with Gasteiger partial charge in [0.25, 0.3) is 11.2 Å². The number of aromatic nitrogens is 4. The first kappa shape index (κ1) is 19.6. The van der Waals surface area contributed by atoms with Crippen molar-refractivity contribution in [1.82, 2.24) is 19.1 Å². The lowest BCUT2D eigenvalue weighted by atomic mass is 9.92. The van der Waals surface area contributed by atoms with Crippen molar-refractivity contribution in [3.05, 3.63) is 44.4 Å². The van der Waals surface area contributed by atoms with Crippen LogP contribution in [0.4, 0.5) is 5.69 Å². The maximum Gasteiger partial charge on any atom is 0.360 e. The van der Waals surface area contributed by atoms with Crippen LogP contribution in [-0.2, 0) is 11.8 Å². The fraction of sp³-hybridized carbons (Fsp3) is 0.368. The molecule has 0 N–H and O–H groups in total. The lowest BCUT2D eigenvalue weighted by Gasteiger charge is -2.29. The molecule has 1 aromatic carbocycles. The average Bonchev–Trinajstić information content (AvgIpc) is 3.06. The van der Waals surface area contributed by atoms with E-state index in [1.807, 2.05) is 4.57 Å². The van der Waals surface area contributed by atoms with Crippen LogP contribution in [0.1, 0.15) is 35.8 Å². The predicted molar refractivity (Wildman–Crippen MR) is 106 cm³/mol. The predicted octanol–water partition coefficient (Wildman–Crippen LogP) is 2.23. The quantitative estimate of drug-likeness (QED) is 0.353. The summed E-state index contributed by atoms with van der Waals surface area (Å²) in [6.45, 7) is 0. The number of nitrogens with zero attached hydrogens (tertiary/aromatic N) is 5. The molecule has 0 bridgehead atoms. The Labute approximate surface area is 170 Å². The van der Waals surface area contributed by atoms with Crippen LogP contribution in [0.25, 0.3) is 22.7 Å². The zero-order valence-electron chi connectivity index (χ0n) is 16.6. The highest BCUT2D eigenvalue weighted by atomic mass is 16.6. The molecule has 0 radical (unpaired) electrons. The standard InChI is InChI=1S/C19H19N5O6/c1-22-16(21-14(19(26)30-3)15(29-2)18(22)25)17-20-12-9-11(24(27)28)7-8-13(12)23(17)10-5-4-6-10/h7-10H,4-6H2,1-3H3. The molecule has 11 nitrogen and oxygen atoms in total. The maximum absolute atomic E-state index is 12.8. The fourth-order valence-electron chi connectivity index (χ4n) is 3.57. The van der Waals surface area contributed by atoms with E-state index in [1.165, 1.54) is 38.0 Å². The molecule has 0 amide bonds.